The first-order chi connectivity index (χ1) is 7.29. The molecule has 0 heterocycles. The lowest BCUT2D eigenvalue weighted by Crippen LogP contribution is -2.20. The van der Waals surface area contributed by atoms with Crippen LogP contribution in [0, 0.1) is 0 Å². The van der Waals surface area contributed by atoms with Gasteiger partial charge < -0.3 is 4.90 Å². The molecule has 2 rings (SSSR count). The fourth-order valence-corrected chi connectivity index (χ4v) is 2.00. The third-order valence-corrected chi connectivity index (χ3v) is 2.64. The molecule has 2 aromatic rings. The van der Waals surface area contributed by atoms with Crippen LogP contribution in [0.1, 0.15) is 17.2 Å². The fourth-order valence-electron chi connectivity index (χ4n) is 2.00. The van der Waals surface area contributed by atoms with Gasteiger partial charge in [-0.25, -0.2) is 6.07 Å². The Balaban J connectivity index is 2.37. The van der Waals surface area contributed by atoms with Gasteiger partial charge in [-0.1, -0.05) is 30.3 Å². The van der Waals surface area contributed by atoms with Crippen molar-refractivity contribution in [2.75, 3.05) is 14.1 Å². The smallest absolute Gasteiger partial charge is 0.00465 e. The first-order valence-corrected chi connectivity index (χ1v) is 5.22. The van der Waals surface area contributed by atoms with Crippen LogP contribution in [0.25, 0.3) is 0 Å². The molecule has 0 amide bonds. The van der Waals surface area contributed by atoms with Crippen molar-refractivity contribution < 1.29 is 0 Å². The summed E-state index contributed by atoms with van der Waals surface area (Å²) in [5.41, 5.74) is 2.69. The van der Waals surface area contributed by atoms with Crippen molar-refractivity contribution in [3.8, 4) is 0 Å². The maximum Gasteiger partial charge on any atom is 0.00465 e. The Kier molecular flexibility index (Phi) is 2.93. The van der Waals surface area contributed by atoms with Gasteiger partial charge in [0.2, 0.25) is 0 Å². The molecule has 0 aliphatic carbocycles. The summed E-state index contributed by atoms with van der Waals surface area (Å²) in [7, 11) is 4.23. The standard InChI is InChI=1S/C14H16N/c1-15(2)14(13-10-6-7-11-13)12-8-4-3-5-9-12/h3-11,14H,1-2H3/q-1/t14-/m1/s1. The highest BCUT2D eigenvalue weighted by Gasteiger charge is 2.10. The van der Waals surface area contributed by atoms with E-state index in [2.05, 4.69) is 73.6 Å². The molecule has 0 aliphatic heterocycles. The lowest BCUT2D eigenvalue weighted by Gasteiger charge is -2.28. The highest BCUT2D eigenvalue weighted by Crippen LogP contribution is 2.26. The average molecular weight is 198 g/mol. The molecular formula is C14H16N-. The molecule has 1 heteroatoms. The Morgan fingerprint density at radius 2 is 1.73 bits per heavy atom. The predicted molar refractivity (Wildman–Crippen MR) is 64.0 cm³/mol. The topological polar surface area (TPSA) is 3.24 Å². The van der Waals surface area contributed by atoms with Gasteiger partial charge in [0.15, 0.2) is 0 Å². The van der Waals surface area contributed by atoms with Gasteiger partial charge in [-0.05, 0) is 19.7 Å². The molecule has 0 aliphatic rings. The number of benzene rings is 1. The number of rotatable bonds is 3. The molecule has 0 saturated heterocycles. The summed E-state index contributed by atoms with van der Waals surface area (Å²) < 4.78 is 0. The number of hydrogen-bond acceptors (Lipinski definition) is 1. The normalized spacial score (nSPS) is 13.0. The van der Waals surface area contributed by atoms with E-state index in [0.717, 1.165) is 0 Å². The molecule has 0 fully saturated rings. The van der Waals surface area contributed by atoms with E-state index in [1.165, 1.54) is 11.1 Å². The van der Waals surface area contributed by atoms with Crippen molar-refractivity contribution in [1.29, 1.82) is 0 Å². The summed E-state index contributed by atoms with van der Waals surface area (Å²) in [6.07, 6.45) is 0. The van der Waals surface area contributed by atoms with Crippen LogP contribution in [-0.2, 0) is 0 Å². The predicted octanol–water partition coefficient (Wildman–Crippen LogP) is 3.06. The summed E-state index contributed by atoms with van der Waals surface area (Å²) in [4.78, 5) is 2.24. The summed E-state index contributed by atoms with van der Waals surface area (Å²) >= 11 is 0. The Morgan fingerprint density at radius 3 is 2.27 bits per heavy atom. The molecule has 0 spiro atoms. The van der Waals surface area contributed by atoms with Gasteiger partial charge in [-0.15, -0.1) is 0 Å². The molecule has 1 nitrogen and oxygen atoms in total. The van der Waals surface area contributed by atoms with Crippen molar-refractivity contribution >= 4 is 0 Å². The molecule has 1 atom stereocenters. The number of nitrogens with zero attached hydrogens (tertiary/aromatic N) is 1. The van der Waals surface area contributed by atoms with Crippen LogP contribution in [0.15, 0.2) is 54.6 Å². The zero-order valence-corrected chi connectivity index (χ0v) is 9.22. The van der Waals surface area contributed by atoms with E-state index in [9.17, 15) is 0 Å². The summed E-state index contributed by atoms with van der Waals surface area (Å²) in [5.74, 6) is 0. The van der Waals surface area contributed by atoms with Crippen LogP contribution >= 0.6 is 0 Å². The summed E-state index contributed by atoms with van der Waals surface area (Å²) in [6, 6.07) is 19.5. The fraction of sp³-hybridized carbons (Fsp3) is 0.214. The summed E-state index contributed by atoms with van der Waals surface area (Å²) in [6.45, 7) is 0. The van der Waals surface area contributed by atoms with Gasteiger partial charge in [0.25, 0.3) is 0 Å². The molecule has 0 unspecified atom stereocenters. The Labute approximate surface area is 91.3 Å². The van der Waals surface area contributed by atoms with Gasteiger partial charge in [-0.3, -0.25) is 0 Å². The lowest BCUT2D eigenvalue weighted by atomic mass is 10.0. The first kappa shape index (κ1) is 10.1. The molecule has 0 bridgehead atoms. The molecule has 0 aromatic heterocycles. The van der Waals surface area contributed by atoms with Crippen molar-refractivity contribution in [3.63, 3.8) is 0 Å². The minimum absolute atomic E-state index is 0.362. The van der Waals surface area contributed by atoms with Crippen LogP contribution in [0.2, 0.25) is 0 Å². The van der Waals surface area contributed by atoms with E-state index in [4.69, 9.17) is 0 Å². The molecule has 15 heavy (non-hydrogen) atoms. The zero-order chi connectivity index (χ0) is 10.7. The highest BCUT2D eigenvalue weighted by atomic mass is 15.1. The maximum absolute atomic E-state index is 2.24. The Bertz CT molecular complexity index is 387. The zero-order valence-electron chi connectivity index (χ0n) is 9.22. The monoisotopic (exact) mass is 198 g/mol. The second-order valence-corrected chi connectivity index (χ2v) is 4.00. The first-order valence-electron chi connectivity index (χ1n) is 5.22. The van der Waals surface area contributed by atoms with Gasteiger partial charge in [0, 0.05) is 6.04 Å². The van der Waals surface area contributed by atoms with E-state index in [0.29, 0.717) is 6.04 Å². The highest BCUT2D eigenvalue weighted by molar-refractivity contribution is 5.32. The lowest BCUT2D eigenvalue weighted by molar-refractivity contribution is 0.343. The van der Waals surface area contributed by atoms with Crippen LogP contribution in [-0.4, -0.2) is 19.0 Å². The summed E-state index contributed by atoms with van der Waals surface area (Å²) in [5, 5.41) is 0. The molecule has 0 N–H and O–H groups in total. The Hall–Kier alpha value is -1.47. The van der Waals surface area contributed by atoms with Crippen LogP contribution in [0.3, 0.4) is 0 Å². The van der Waals surface area contributed by atoms with E-state index in [1.807, 2.05) is 0 Å². The SMILES string of the molecule is CN(C)[C@H](c1ccccc1)c1cc[cH-]c1. The van der Waals surface area contributed by atoms with Gasteiger partial charge >= 0.3 is 0 Å². The van der Waals surface area contributed by atoms with Crippen LogP contribution in [0.4, 0.5) is 0 Å². The molecular weight excluding hydrogens is 182 g/mol. The van der Waals surface area contributed by atoms with E-state index in [-0.39, 0.29) is 0 Å². The third kappa shape index (κ3) is 2.13. The van der Waals surface area contributed by atoms with E-state index < -0.39 is 0 Å². The second-order valence-electron chi connectivity index (χ2n) is 4.00. The molecule has 0 radical (unpaired) electrons. The Morgan fingerprint density at radius 1 is 1.00 bits per heavy atom. The van der Waals surface area contributed by atoms with Gasteiger partial charge in [0.05, 0.1) is 0 Å². The minimum Gasteiger partial charge on any atom is -0.310 e. The van der Waals surface area contributed by atoms with Crippen molar-refractivity contribution in [2.24, 2.45) is 0 Å². The third-order valence-electron chi connectivity index (χ3n) is 2.64. The van der Waals surface area contributed by atoms with Crippen molar-refractivity contribution in [1.82, 2.24) is 4.90 Å². The van der Waals surface area contributed by atoms with E-state index >= 15 is 0 Å². The molecule has 78 valence electrons. The average Bonchev–Trinajstić information content (AvgIpc) is 2.72. The van der Waals surface area contributed by atoms with Crippen LogP contribution < -0.4 is 0 Å². The second kappa shape index (κ2) is 4.37. The quantitative estimate of drug-likeness (QED) is 0.685. The van der Waals surface area contributed by atoms with Crippen molar-refractivity contribution in [2.45, 2.75) is 6.04 Å². The molecule has 0 saturated carbocycles. The number of hydrogen-bond donors (Lipinski definition) is 0. The van der Waals surface area contributed by atoms with Crippen LogP contribution in [0.5, 0.6) is 0 Å². The minimum atomic E-state index is 0.362. The molecule has 2 aromatic carbocycles. The van der Waals surface area contributed by atoms with Gasteiger partial charge in [0.1, 0.15) is 0 Å². The van der Waals surface area contributed by atoms with E-state index in [1.54, 1.807) is 0 Å². The van der Waals surface area contributed by atoms with Crippen molar-refractivity contribution in [3.05, 3.63) is 65.7 Å². The maximum atomic E-state index is 2.24. The van der Waals surface area contributed by atoms with Gasteiger partial charge in [-0.2, -0.15) is 23.8 Å². The largest absolute Gasteiger partial charge is 0.310 e.